The second kappa shape index (κ2) is 12.3. The molecule has 0 unspecified atom stereocenters. The average molecular weight is 491 g/mol. The SMILES string of the molecule is CC[C@@H](C)NC(=O)[C@@H](CC)N(Cc1cccc(OC)c1)C(=O)COc1ccc(Br)cc1. The van der Waals surface area contributed by atoms with E-state index in [0.29, 0.717) is 17.9 Å². The van der Waals surface area contributed by atoms with E-state index < -0.39 is 6.04 Å². The first-order valence-electron chi connectivity index (χ1n) is 10.5. The number of nitrogens with zero attached hydrogens (tertiary/aromatic N) is 1. The van der Waals surface area contributed by atoms with Crippen molar-refractivity contribution in [3.05, 3.63) is 58.6 Å². The summed E-state index contributed by atoms with van der Waals surface area (Å²) in [7, 11) is 1.60. The van der Waals surface area contributed by atoms with E-state index in [2.05, 4.69) is 21.2 Å². The van der Waals surface area contributed by atoms with Crippen LogP contribution in [0.4, 0.5) is 0 Å². The molecule has 31 heavy (non-hydrogen) atoms. The van der Waals surface area contributed by atoms with Crippen molar-refractivity contribution in [3.8, 4) is 11.5 Å². The van der Waals surface area contributed by atoms with Crippen LogP contribution in [0.25, 0.3) is 0 Å². The van der Waals surface area contributed by atoms with Crippen molar-refractivity contribution in [1.82, 2.24) is 10.2 Å². The summed E-state index contributed by atoms with van der Waals surface area (Å²) < 4.78 is 11.9. The molecular formula is C24H31BrN2O4. The molecule has 0 aliphatic carbocycles. The van der Waals surface area contributed by atoms with Gasteiger partial charge in [-0.1, -0.05) is 41.9 Å². The van der Waals surface area contributed by atoms with E-state index in [9.17, 15) is 9.59 Å². The molecule has 0 fully saturated rings. The fourth-order valence-corrected chi connectivity index (χ4v) is 3.35. The van der Waals surface area contributed by atoms with Crippen LogP contribution in [-0.2, 0) is 16.1 Å². The van der Waals surface area contributed by atoms with Crippen LogP contribution in [-0.4, -0.2) is 42.5 Å². The number of amides is 2. The van der Waals surface area contributed by atoms with Gasteiger partial charge in [0.05, 0.1) is 7.11 Å². The lowest BCUT2D eigenvalue weighted by Gasteiger charge is -2.31. The number of hydrogen-bond acceptors (Lipinski definition) is 4. The van der Waals surface area contributed by atoms with Crippen LogP contribution in [0.3, 0.4) is 0 Å². The molecule has 0 radical (unpaired) electrons. The Balaban J connectivity index is 2.22. The molecular weight excluding hydrogens is 460 g/mol. The van der Waals surface area contributed by atoms with Gasteiger partial charge in [-0.15, -0.1) is 0 Å². The van der Waals surface area contributed by atoms with Gasteiger partial charge in [0, 0.05) is 17.1 Å². The summed E-state index contributed by atoms with van der Waals surface area (Å²) in [5, 5.41) is 3.00. The molecule has 0 saturated carbocycles. The van der Waals surface area contributed by atoms with Crippen LogP contribution in [0, 0.1) is 0 Å². The average Bonchev–Trinajstić information content (AvgIpc) is 2.78. The van der Waals surface area contributed by atoms with Crippen molar-refractivity contribution in [2.75, 3.05) is 13.7 Å². The van der Waals surface area contributed by atoms with Gasteiger partial charge in [-0.2, -0.15) is 0 Å². The third kappa shape index (κ3) is 7.58. The normalized spacial score (nSPS) is 12.5. The second-order valence-electron chi connectivity index (χ2n) is 7.36. The minimum absolute atomic E-state index is 0.0364. The van der Waals surface area contributed by atoms with Crippen LogP contribution >= 0.6 is 15.9 Å². The molecule has 2 amide bonds. The third-order valence-corrected chi connectivity index (χ3v) is 5.58. The Morgan fingerprint density at radius 3 is 2.39 bits per heavy atom. The van der Waals surface area contributed by atoms with Gasteiger partial charge in [0.25, 0.3) is 5.91 Å². The molecule has 0 saturated heterocycles. The fourth-order valence-electron chi connectivity index (χ4n) is 3.09. The van der Waals surface area contributed by atoms with Crippen LogP contribution in [0.15, 0.2) is 53.0 Å². The van der Waals surface area contributed by atoms with E-state index in [-0.39, 0.29) is 31.0 Å². The van der Waals surface area contributed by atoms with Gasteiger partial charge in [-0.05, 0) is 61.7 Å². The molecule has 0 aromatic heterocycles. The molecule has 1 N–H and O–H groups in total. The number of carbonyl (C=O) groups excluding carboxylic acids is 2. The van der Waals surface area contributed by atoms with Crippen molar-refractivity contribution in [2.45, 2.75) is 52.2 Å². The highest BCUT2D eigenvalue weighted by atomic mass is 79.9. The lowest BCUT2D eigenvalue weighted by atomic mass is 10.1. The first-order valence-corrected chi connectivity index (χ1v) is 11.3. The van der Waals surface area contributed by atoms with E-state index in [1.54, 1.807) is 24.1 Å². The van der Waals surface area contributed by atoms with Gasteiger partial charge < -0.3 is 19.7 Å². The molecule has 0 spiro atoms. The van der Waals surface area contributed by atoms with Gasteiger partial charge in [0.2, 0.25) is 5.91 Å². The van der Waals surface area contributed by atoms with Crippen molar-refractivity contribution in [2.24, 2.45) is 0 Å². The van der Waals surface area contributed by atoms with E-state index in [1.165, 1.54) is 0 Å². The Morgan fingerprint density at radius 2 is 1.77 bits per heavy atom. The van der Waals surface area contributed by atoms with Crippen molar-refractivity contribution in [1.29, 1.82) is 0 Å². The summed E-state index contributed by atoms with van der Waals surface area (Å²) in [4.78, 5) is 27.7. The summed E-state index contributed by atoms with van der Waals surface area (Å²) in [6, 6.07) is 14.2. The van der Waals surface area contributed by atoms with Crippen LogP contribution in [0.1, 0.15) is 39.2 Å². The van der Waals surface area contributed by atoms with Gasteiger partial charge in [0.1, 0.15) is 17.5 Å². The topological polar surface area (TPSA) is 67.9 Å². The molecule has 2 aromatic rings. The Hall–Kier alpha value is -2.54. The van der Waals surface area contributed by atoms with Crippen molar-refractivity contribution in [3.63, 3.8) is 0 Å². The molecule has 2 atom stereocenters. The van der Waals surface area contributed by atoms with Gasteiger partial charge in [-0.25, -0.2) is 0 Å². The molecule has 168 valence electrons. The highest BCUT2D eigenvalue weighted by Crippen LogP contribution is 2.19. The molecule has 6 nitrogen and oxygen atoms in total. The Morgan fingerprint density at radius 1 is 1.06 bits per heavy atom. The fraction of sp³-hybridized carbons (Fsp3) is 0.417. The van der Waals surface area contributed by atoms with Gasteiger partial charge in [-0.3, -0.25) is 9.59 Å². The Bertz CT molecular complexity index is 857. The summed E-state index contributed by atoms with van der Waals surface area (Å²) in [6.45, 7) is 6.00. The molecule has 2 rings (SSSR count). The zero-order valence-electron chi connectivity index (χ0n) is 18.6. The minimum Gasteiger partial charge on any atom is -0.497 e. The molecule has 7 heteroatoms. The number of methoxy groups -OCH3 is 1. The standard InChI is InChI=1S/C24H31BrN2O4/c1-5-17(3)26-24(29)22(6-2)27(15-18-8-7-9-21(14-18)30-4)23(28)16-31-20-12-10-19(25)11-13-20/h7-14,17,22H,5-6,15-16H2,1-4H3,(H,26,29)/t17-,22-/m1/s1. The quantitative estimate of drug-likeness (QED) is 0.501. The molecule has 0 heterocycles. The smallest absolute Gasteiger partial charge is 0.261 e. The van der Waals surface area contributed by atoms with Gasteiger partial charge in [0.15, 0.2) is 6.61 Å². The van der Waals surface area contributed by atoms with Crippen molar-refractivity contribution >= 4 is 27.7 Å². The summed E-state index contributed by atoms with van der Waals surface area (Å²) >= 11 is 3.38. The van der Waals surface area contributed by atoms with Crippen LogP contribution in [0.5, 0.6) is 11.5 Å². The number of ether oxygens (including phenoxy) is 2. The van der Waals surface area contributed by atoms with E-state index in [1.807, 2.05) is 57.2 Å². The number of carbonyl (C=O) groups is 2. The highest BCUT2D eigenvalue weighted by molar-refractivity contribution is 9.10. The van der Waals surface area contributed by atoms with E-state index in [4.69, 9.17) is 9.47 Å². The van der Waals surface area contributed by atoms with E-state index in [0.717, 1.165) is 16.5 Å². The first kappa shape index (κ1) is 24.7. The Labute approximate surface area is 193 Å². The monoisotopic (exact) mass is 490 g/mol. The number of hydrogen-bond donors (Lipinski definition) is 1. The first-order chi connectivity index (χ1) is 14.9. The Kier molecular flexibility index (Phi) is 9.85. The lowest BCUT2D eigenvalue weighted by Crippen LogP contribution is -2.51. The largest absolute Gasteiger partial charge is 0.497 e. The minimum atomic E-state index is -0.596. The lowest BCUT2D eigenvalue weighted by molar-refractivity contribution is -0.143. The number of benzene rings is 2. The molecule has 0 aliphatic heterocycles. The summed E-state index contributed by atoms with van der Waals surface area (Å²) in [5.41, 5.74) is 0.881. The van der Waals surface area contributed by atoms with E-state index >= 15 is 0 Å². The number of halogens is 1. The predicted octanol–water partition coefficient (Wildman–Crippen LogP) is 4.56. The maximum absolute atomic E-state index is 13.2. The maximum atomic E-state index is 13.2. The molecule has 0 bridgehead atoms. The zero-order chi connectivity index (χ0) is 22.8. The molecule has 2 aromatic carbocycles. The summed E-state index contributed by atoms with van der Waals surface area (Å²) in [6.07, 6.45) is 1.31. The zero-order valence-corrected chi connectivity index (χ0v) is 20.1. The van der Waals surface area contributed by atoms with Crippen LogP contribution < -0.4 is 14.8 Å². The maximum Gasteiger partial charge on any atom is 0.261 e. The predicted molar refractivity (Wildman–Crippen MR) is 125 cm³/mol. The third-order valence-electron chi connectivity index (χ3n) is 5.05. The van der Waals surface area contributed by atoms with Crippen molar-refractivity contribution < 1.29 is 19.1 Å². The second-order valence-corrected chi connectivity index (χ2v) is 8.27. The highest BCUT2D eigenvalue weighted by Gasteiger charge is 2.29. The molecule has 0 aliphatic rings. The number of nitrogens with one attached hydrogen (secondary N) is 1. The number of rotatable bonds is 11. The summed E-state index contributed by atoms with van der Waals surface area (Å²) in [5.74, 6) is 0.886. The van der Waals surface area contributed by atoms with Crippen LogP contribution in [0.2, 0.25) is 0 Å². The van der Waals surface area contributed by atoms with Gasteiger partial charge >= 0.3 is 0 Å².